The van der Waals surface area contributed by atoms with E-state index in [0.717, 1.165) is 37.1 Å². The van der Waals surface area contributed by atoms with Gasteiger partial charge in [0.05, 0.1) is 12.7 Å². The molecule has 0 spiro atoms. The molecule has 1 aliphatic heterocycles. The van der Waals surface area contributed by atoms with E-state index < -0.39 is 5.60 Å². The van der Waals surface area contributed by atoms with Crippen molar-refractivity contribution in [2.45, 2.75) is 25.4 Å². The van der Waals surface area contributed by atoms with Crippen molar-refractivity contribution in [3.05, 3.63) is 65.2 Å². The molecule has 0 amide bonds. The van der Waals surface area contributed by atoms with Crippen LogP contribution in [0.2, 0.25) is 0 Å². The molecule has 0 atom stereocenters. The molecule has 126 valence electrons. The van der Waals surface area contributed by atoms with Gasteiger partial charge in [0.2, 0.25) is 0 Å². The average molecular weight is 325 g/mol. The van der Waals surface area contributed by atoms with E-state index in [9.17, 15) is 4.79 Å². The number of piperidine rings is 1. The molecule has 0 aromatic heterocycles. The van der Waals surface area contributed by atoms with E-state index in [-0.39, 0.29) is 5.97 Å². The molecule has 1 fully saturated rings. The van der Waals surface area contributed by atoms with Gasteiger partial charge in [0, 0.05) is 18.4 Å². The lowest BCUT2D eigenvalue weighted by Crippen LogP contribution is -2.43. The maximum atomic E-state index is 12.9. The molecule has 0 unspecified atom stereocenters. The van der Waals surface area contributed by atoms with Crippen LogP contribution in [0, 0.1) is 6.92 Å². The van der Waals surface area contributed by atoms with Crippen molar-refractivity contribution < 1.29 is 14.3 Å². The summed E-state index contributed by atoms with van der Waals surface area (Å²) >= 11 is 0. The van der Waals surface area contributed by atoms with E-state index in [1.165, 1.54) is 0 Å². The molecule has 24 heavy (non-hydrogen) atoms. The highest BCUT2D eigenvalue weighted by Crippen LogP contribution is 2.36. The minimum absolute atomic E-state index is 0.294. The average Bonchev–Trinajstić information content (AvgIpc) is 2.63. The van der Waals surface area contributed by atoms with Crippen molar-refractivity contribution in [1.82, 2.24) is 5.32 Å². The maximum absolute atomic E-state index is 12.9. The van der Waals surface area contributed by atoms with Crippen LogP contribution >= 0.6 is 0 Å². The van der Waals surface area contributed by atoms with Crippen LogP contribution in [0.25, 0.3) is 0 Å². The minimum Gasteiger partial charge on any atom is -0.496 e. The molecular formula is C20H23NO3. The number of hydrogen-bond donors (Lipinski definition) is 1. The molecule has 0 aliphatic carbocycles. The van der Waals surface area contributed by atoms with Crippen molar-refractivity contribution in [2.75, 3.05) is 20.2 Å². The Morgan fingerprint density at radius 1 is 1.04 bits per heavy atom. The van der Waals surface area contributed by atoms with Crippen LogP contribution in [-0.4, -0.2) is 26.2 Å². The first-order chi connectivity index (χ1) is 11.7. The van der Waals surface area contributed by atoms with Crippen molar-refractivity contribution in [1.29, 1.82) is 0 Å². The van der Waals surface area contributed by atoms with Crippen LogP contribution < -0.4 is 10.1 Å². The number of ether oxygens (including phenoxy) is 2. The van der Waals surface area contributed by atoms with Gasteiger partial charge in [0.15, 0.2) is 0 Å². The molecule has 0 saturated carbocycles. The molecular weight excluding hydrogens is 302 g/mol. The molecule has 0 bridgehead atoms. The second-order valence-corrected chi connectivity index (χ2v) is 6.13. The Morgan fingerprint density at radius 2 is 1.75 bits per heavy atom. The Labute approximate surface area is 142 Å². The summed E-state index contributed by atoms with van der Waals surface area (Å²) < 4.78 is 11.4. The second-order valence-electron chi connectivity index (χ2n) is 6.13. The van der Waals surface area contributed by atoms with Gasteiger partial charge in [-0.25, -0.2) is 4.79 Å². The smallest absolute Gasteiger partial charge is 0.339 e. The Bertz CT molecular complexity index is 706. The summed E-state index contributed by atoms with van der Waals surface area (Å²) in [5.74, 6) is 0.403. The summed E-state index contributed by atoms with van der Waals surface area (Å²) in [6.07, 6.45) is 1.54. The van der Waals surface area contributed by atoms with Crippen molar-refractivity contribution >= 4 is 5.97 Å². The fourth-order valence-corrected chi connectivity index (χ4v) is 3.31. The zero-order valence-corrected chi connectivity index (χ0v) is 14.2. The number of carbonyl (C=O) groups is 1. The molecule has 2 aromatic carbocycles. The van der Waals surface area contributed by atoms with E-state index in [0.29, 0.717) is 11.3 Å². The summed E-state index contributed by atoms with van der Waals surface area (Å²) in [7, 11) is 1.61. The standard InChI is InChI=1S/C20H23NO3/c1-15-17(9-6-10-18(15)23-2)19(22)24-20(11-13-21-14-12-20)16-7-4-3-5-8-16/h3-10,21H,11-14H2,1-2H3. The monoisotopic (exact) mass is 325 g/mol. The molecule has 1 aliphatic rings. The van der Waals surface area contributed by atoms with Crippen LogP contribution in [0.5, 0.6) is 5.75 Å². The van der Waals surface area contributed by atoms with Crippen LogP contribution in [0.4, 0.5) is 0 Å². The third-order valence-electron chi connectivity index (χ3n) is 4.72. The summed E-state index contributed by atoms with van der Waals surface area (Å²) in [5, 5.41) is 3.34. The van der Waals surface area contributed by atoms with Crippen LogP contribution in [0.15, 0.2) is 48.5 Å². The number of nitrogens with one attached hydrogen (secondary N) is 1. The van der Waals surface area contributed by atoms with Gasteiger partial charge in [-0.3, -0.25) is 0 Å². The Hall–Kier alpha value is -2.33. The van der Waals surface area contributed by atoms with Crippen molar-refractivity contribution in [2.24, 2.45) is 0 Å². The summed E-state index contributed by atoms with van der Waals surface area (Å²) in [4.78, 5) is 12.9. The number of rotatable bonds is 4. The van der Waals surface area contributed by atoms with Gasteiger partial charge in [-0.2, -0.15) is 0 Å². The minimum atomic E-state index is -0.570. The summed E-state index contributed by atoms with van der Waals surface area (Å²) in [6.45, 7) is 3.55. The fourth-order valence-electron chi connectivity index (χ4n) is 3.31. The number of methoxy groups -OCH3 is 1. The molecule has 3 rings (SSSR count). The fraction of sp³-hybridized carbons (Fsp3) is 0.350. The van der Waals surface area contributed by atoms with E-state index in [1.54, 1.807) is 13.2 Å². The van der Waals surface area contributed by atoms with Crippen LogP contribution in [0.3, 0.4) is 0 Å². The summed E-state index contributed by atoms with van der Waals surface area (Å²) in [5.41, 5.74) is 1.85. The first-order valence-corrected chi connectivity index (χ1v) is 8.29. The normalized spacial score (nSPS) is 16.4. The van der Waals surface area contributed by atoms with Crippen molar-refractivity contribution in [3.8, 4) is 5.75 Å². The lowest BCUT2D eigenvalue weighted by atomic mass is 9.84. The first-order valence-electron chi connectivity index (χ1n) is 8.29. The summed E-state index contributed by atoms with van der Waals surface area (Å²) in [6, 6.07) is 15.5. The lowest BCUT2D eigenvalue weighted by molar-refractivity contribution is -0.0379. The molecule has 1 saturated heterocycles. The Balaban J connectivity index is 1.92. The number of hydrogen-bond acceptors (Lipinski definition) is 4. The molecule has 4 nitrogen and oxygen atoms in total. The first kappa shape index (κ1) is 16.5. The largest absolute Gasteiger partial charge is 0.496 e. The zero-order valence-electron chi connectivity index (χ0n) is 14.2. The second kappa shape index (κ2) is 7.05. The number of esters is 1. The quantitative estimate of drug-likeness (QED) is 0.875. The van der Waals surface area contributed by atoms with E-state index in [4.69, 9.17) is 9.47 Å². The van der Waals surface area contributed by atoms with Gasteiger partial charge in [0.1, 0.15) is 11.4 Å². The van der Waals surface area contributed by atoms with E-state index in [1.807, 2.05) is 49.4 Å². The van der Waals surface area contributed by atoms with Crippen LogP contribution in [0.1, 0.15) is 34.3 Å². The Kier molecular flexibility index (Phi) is 4.86. The van der Waals surface area contributed by atoms with Gasteiger partial charge in [-0.15, -0.1) is 0 Å². The van der Waals surface area contributed by atoms with Crippen molar-refractivity contribution in [3.63, 3.8) is 0 Å². The highest BCUT2D eigenvalue weighted by molar-refractivity contribution is 5.92. The molecule has 1 heterocycles. The SMILES string of the molecule is COc1cccc(C(=O)OC2(c3ccccc3)CCNCC2)c1C. The van der Waals surface area contributed by atoms with E-state index >= 15 is 0 Å². The van der Waals surface area contributed by atoms with Gasteiger partial charge in [-0.1, -0.05) is 36.4 Å². The number of carbonyl (C=O) groups excluding carboxylic acids is 1. The maximum Gasteiger partial charge on any atom is 0.339 e. The highest BCUT2D eigenvalue weighted by Gasteiger charge is 2.38. The highest BCUT2D eigenvalue weighted by atomic mass is 16.6. The zero-order chi connectivity index (χ0) is 17.0. The molecule has 1 N–H and O–H groups in total. The third-order valence-corrected chi connectivity index (χ3v) is 4.72. The van der Waals surface area contributed by atoms with Gasteiger partial charge in [0.25, 0.3) is 0 Å². The molecule has 2 aromatic rings. The topological polar surface area (TPSA) is 47.6 Å². The predicted octanol–water partition coefficient (Wildman–Crippen LogP) is 3.44. The van der Waals surface area contributed by atoms with Gasteiger partial charge < -0.3 is 14.8 Å². The molecule has 4 heteroatoms. The Morgan fingerprint density at radius 3 is 2.42 bits per heavy atom. The van der Waals surface area contributed by atoms with E-state index in [2.05, 4.69) is 5.32 Å². The van der Waals surface area contributed by atoms with Gasteiger partial charge >= 0.3 is 5.97 Å². The van der Waals surface area contributed by atoms with Gasteiger partial charge in [-0.05, 0) is 37.7 Å². The third kappa shape index (κ3) is 3.15. The molecule has 0 radical (unpaired) electrons. The number of benzene rings is 2. The van der Waals surface area contributed by atoms with Crippen LogP contribution in [-0.2, 0) is 10.3 Å². The lowest BCUT2D eigenvalue weighted by Gasteiger charge is -2.37. The predicted molar refractivity (Wildman–Crippen MR) is 93.4 cm³/mol.